The SMILES string of the molecule is CC(c1cccc(-c2ccc(C(=O)CCC(=O)O)cc2)c1)N1CCCC1. The van der Waals surface area contributed by atoms with E-state index in [0.29, 0.717) is 11.6 Å². The predicted octanol–water partition coefficient (Wildman–Crippen LogP) is 4.56. The van der Waals surface area contributed by atoms with Crippen LogP contribution in [0.1, 0.15) is 54.6 Å². The van der Waals surface area contributed by atoms with Gasteiger partial charge in [-0.15, -0.1) is 0 Å². The Morgan fingerprint density at radius 1 is 1.00 bits per heavy atom. The summed E-state index contributed by atoms with van der Waals surface area (Å²) in [5.74, 6) is -1.07. The Kier molecular flexibility index (Phi) is 5.84. The van der Waals surface area contributed by atoms with Crippen LogP contribution in [0.4, 0.5) is 0 Å². The zero-order valence-corrected chi connectivity index (χ0v) is 15.1. The molecule has 0 bridgehead atoms. The Hall–Kier alpha value is -2.46. The zero-order valence-electron chi connectivity index (χ0n) is 15.1. The molecule has 1 aliphatic heterocycles. The third-order valence-corrected chi connectivity index (χ3v) is 5.16. The van der Waals surface area contributed by atoms with Crippen LogP contribution < -0.4 is 0 Å². The largest absolute Gasteiger partial charge is 0.481 e. The van der Waals surface area contributed by atoms with Gasteiger partial charge in [0, 0.05) is 18.0 Å². The summed E-state index contributed by atoms with van der Waals surface area (Å²) >= 11 is 0. The van der Waals surface area contributed by atoms with Crippen LogP contribution >= 0.6 is 0 Å². The molecule has 1 atom stereocenters. The molecule has 1 unspecified atom stereocenters. The molecular weight excluding hydrogens is 326 g/mol. The normalized spacial score (nSPS) is 15.7. The first-order valence-electron chi connectivity index (χ1n) is 9.24. The van der Waals surface area contributed by atoms with Crippen LogP contribution in [0.15, 0.2) is 48.5 Å². The van der Waals surface area contributed by atoms with Crippen molar-refractivity contribution in [3.05, 3.63) is 59.7 Å². The minimum Gasteiger partial charge on any atom is -0.481 e. The summed E-state index contributed by atoms with van der Waals surface area (Å²) < 4.78 is 0. The Bertz CT molecular complexity index is 776. The summed E-state index contributed by atoms with van der Waals surface area (Å²) in [5.41, 5.74) is 4.08. The fourth-order valence-electron chi connectivity index (χ4n) is 3.53. The van der Waals surface area contributed by atoms with Gasteiger partial charge in [0.1, 0.15) is 0 Å². The summed E-state index contributed by atoms with van der Waals surface area (Å²) in [6, 6.07) is 16.4. The number of carboxylic acids is 1. The fraction of sp³-hybridized carbons (Fsp3) is 0.364. The zero-order chi connectivity index (χ0) is 18.5. The molecule has 0 radical (unpaired) electrons. The van der Waals surface area contributed by atoms with Gasteiger partial charge >= 0.3 is 5.97 Å². The number of nitrogens with zero attached hydrogens (tertiary/aromatic N) is 1. The summed E-state index contributed by atoms with van der Waals surface area (Å²) in [7, 11) is 0. The fourth-order valence-corrected chi connectivity index (χ4v) is 3.53. The molecule has 2 aromatic rings. The van der Waals surface area contributed by atoms with Crippen LogP contribution in [0.5, 0.6) is 0 Å². The van der Waals surface area contributed by atoms with Gasteiger partial charge in [0.25, 0.3) is 0 Å². The molecule has 1 fully saturated rings. The highest BCUT2D eigenvalue weighted by atomic mass is 16.4. The van der Waals surface area contributed by atoms with Crippen molar-refractivity contribution in [1.82, 2.24) is 4.90 Å². The van der Waals surface area contributed by atoms with Crippen molar-refractivity contribution in [3.63, 3.8) is 0 Å². The van der Waals surface area contributed by atoms with Crippen LogP contribution in [0.3, 0.4) is 0 Å². The molecule has 136 valence electrons. The average molecular weight is 351 g/mol. The summed E-state index contributed by atoms with van der Waals surface area (Å²) in [4.78, 5) is 25.1. The highest BCUT2D eigenvalue weighted by Gasteiger charge is 2.19. The lowest BCUT2D eigenvalue weighted by atomic mass is 9.97. The monoisotopic (exact) mass is 351 g/mol. The molecule has 4 nitrogen and oxygen atoms in total. The van der Waals surface area contributed by atoms with Crippen molar-refractivity contribution in [2.24, 2.45) is 0 Å². The number of carbonyl (C=O) groups excluding carboxylic acids is 1. The minimum absolute atomic E-state index is 0.0392. The van der Waals surface area contributed by atoms with Crippen molar-refractivity contribution in [3.8, 4) is 11.1 Å². The Labute approximate surface area is 154 Å². The summed E-state index contributed by atoms with van der Waals surface area (Å²) in [5, 5.41) is 8.70. The second kappa shape index (κ2) is 8.28. The average Bonchev–Trinajstić information content (AvgIpc) is 3.20. The predicted molar refractivity (Wildman–Crippen MR) is 102 cm³/mol. The molecule has 0 aliphatic carbocycles. The van der Waals surface area contributed by atoms with E-state index in [1.807, 2.05) is 12.1 Å². The molecule has 3 rings (SSSR count). The van der Waals surface area contributed by atoms with Crippen LogP contribution in [0.2, 0.25) is 0 Å². The number of rotatable bonds is 7. The highest BCUT2D eigenvalue weighted by molar-refractivity contribution is 5.97. The van der Waals surface area contributed by atoms with Gasteiger partial charge in [-0.25, -0.2) is 0 Å². The lowest BCUT2D eigenvalue weighted by Gasteiger charge is -2.24. The Balaban J connectivity index is 1.73. The van der Waals surface area contributed by atoms with E-state index in [4.69, 9.17) is 5.11 Å². The molecule has 0 saturated carbocycles. The van der Waals surface area contributed by atoms with Gasteiger partial charge in [0.05, 0.1) is 6.42 Å². The number of carboxylic acid groups (broad SMARTS) is 1. The van der Waals surface area contributed by atoms with Gasteiger partial charge in [-0.1, -0.05) is 42.5 Å². The maximum Gasteiger partial charge on any atom is 0.303 e. The number of hydrogen-bond acceptors (Lipinski definition) is 3. The van der Waals surface area contributed by atoms with Crippen LogP contribution in [-0.2, 0) is 4.79 Å². The lowest BCUT2D eigenvalue weighted by molar-refractivity contribution is -0.136. The van der Waals surface area contributed by atoms with Gasteiger partial charge in [-0.05, 0) is 55.6 Å². The number of carbonyl (C=O) groups is 2. The van der Waals surface area contributed by atoms with Crippen LogP contribution in [0.25, 0.3) is 11.1 Å². The van der Waals surface area contributed by atoms with Gasteiger partial charge < -0.3 is 5.11 Å². The van der Waals surface area contributed by atoms with Crippen LogP contribution in [0, 0.1) is 0 Å². The molecule has 4 heteroatoms. The maximum atomic E-state index is 12.0. The van der Waals surface area contributed by atoms with E-state index in [2.05, 4.69) is 36.1 Å². The molecule has 1 N–H and O–H groups in total. The number of likely N-dealkylation sites (tertiary alicyclic amines) is 1. The van der Waals surface area contributed by atoms with E-state index < -0.39 is 5.97 Å². The second-order valence-electron chi connectivity index (χ2n) is 6.94. The van der Waals surface area contributed by atoms with Crippen molar-refractivity contribution < 1.29 is 14.7 Å². The number of ketones is 1. The minimum atomic E-state index is -0.945. The number of benzene rings is 2. The third kappa shape index (κ3) is 4.38. The molecule has 26 heavy (non-hydrogen) atoms. The Morgan fingerprint density at radius 3 is 2.35 bits per heavy atom. The second-order valence-corrected chi connectivity index (χ2v) is 6.94. The van der Waals surface area contributed by atoms with Crippen molar-refractivity contribution in [2.75, 3.05) is 13.1 Å². The number of hydrogen-bond donors (Lipinski definition) is 1. The van der Waals surface area contributed by atoms with Gasteiger partial charge in [0.15, 0.2) is 5.78 Å². The van der Waals surface area contributed by atoms with E-state index in [1.165, 1.54) is 31.5 Å². The molecule has 0 amide bonds. The topological polar surface area (TPSA) is 57.6 Å². The van der Waals surface area contributed by atoms with E-state index >= 15 is 0 Å². The third-order valence-electron chi connectivity index (χ3n) is 5.16. The molecule has 2 aromatic carbocycles. The number of aliphatic carboxylic acids is 1. The summed E-state index contributed by atoms with van der Waals surface area (Å²) in [6.45, 7) is 4.59. The first-order chi connectivity index (χ1) is 12.5. The number of Topliss-reactive ketones (excluding diaryl/α,β-unsaturated/α-hetero) is 1. The van der Waals surface area contributed by atoms with Gasteiger partial charge in [0.2, 0.25) is 0 Å². The molecule has 0 spiro atoms. The van der Waals surface area contributed by atoms with Crippen molar-refractivity contribution >= 4 is 11.8 Å². The van der Waals surface area contributed by atoms with Crippen molar-refractivity contribution in [2.45, 2.75) is 38.6 Å². The van der Waals surface area contributed by atoms with E-state index in [1.54, 1.807) is 12.1 Å². The summed E-state index contributed by atoms with van der Waals surface area (Å²) in [6.07, 6.45) is 2.47. The Morgan fingerprint density at radius 2 is 1.69 bits per heavy atom. The van der Waals surface area contributed by atoms with Gasteiger partial charge in [-0.3, -0.25) is 14.5 Å². The quantitative estimate of drug-likeness (QED) is 0.743. The van der Waals surface area contributed by atoms with E-state index in [-0.39, 0.29) is 18.6 Å². The smallest absolute Gasteiger partial charge is 0.303 e. The maximum absolute atomic E-state index is 12.0. The molecule has 0 aromatic heterocycles. The highest BCUT2D eigenvalue weighted by Crippen LogP contribution is 2.28. The first kappa shape index (κ1) is 18.3. The van der Waals surface area contributed by atoms with Crippen molar-refractivity contribution in [1.29, 1.82) is 0 Å². The van der Waals surface area contributed by atoms with Crippen LogP contribution in [-0.4, -0.2) is 34.8 Å². The van der Waals surface area contributed by atoms with Gasteiger partial charge in [-0.2, -0.15) is 0 Å². The lowest BCUT2D eigenvalue weighted by Crippen LogP contribution is -2.23. The van der Waals surface area contributed by atoms with E-state index in [9.17, 15) is 9.59 Å². The van der Waals surface area contributed by atoms with E-state index in [0.717, 1.165) is 11.1 Å². The molecule has 1 saturated heterocycles. The molecule has 1 heterocycles. The molecule has 1 aliphatic rings. The first-order valence-corrected chi connectivity index (χ1v) is 9.24. The molecular formula is C22H25NO3. The standard InChI is InChI=1S/C22H25NO3/c1-16(23-13-2-3-14-23)19-5-4-6-20(15-19)17-7-9-18(10-8-17)21(24)11-12-22(25)26/h4-10,15-16H,2-3,11-14H2,1H3,(H,25,26).